The summed E-state index contributed by atoms with van der Waals surface area (Å²) in [7, 11) is 1.48. The molecule has 0 bridgehead atoms. The zero-order valence-corrected chi connectivity index (χ0v) is 15.6. The van der Waals surface area contributed by atoms with E-state index in [0.717, 1.165) is 10.8 Å². The number of fused-ring (bicyclic) bond motifs is 1. The summed E-state index contributed by atoms with van der Waals surface area (Å²) >= 11 is 0. The van der Waals surface area contributed by atoms with Crippen molar-refractivity contribution in [1.82, 2.24) is 0 Å². The van der Waals surface area contributed by atoms with Gasteiger partial charge in [0.2, 0.25) is 0 Å². The van der Waals surface area contributed by atoms with Crippen molar-refractivity contribution in [2.24, 2.45) is 0 Å². The number of nitrogens with zero attached hydrogens (tertiary/aromatic N) is 2. The Morgan fingerprint density at radius 3 is 2.69 bits per heavy atom. The Labute approximate surface area is 167 Å². The smallest absolute Gasteiger partial charge is 0.276 e. The standard InChI is InChI=1S/C22H18N2O5/c1-28-14-29-20-7-8-21(24(26)27)17(12-20)6-9-22(25)18-5-4-16-3-2-15(13-23)10-19(16)11-18/h2-12,22,25H,14H2,1H3. The van der Waals surface area contributed by atoms with E-state index >= 15 is 0 Å². The second kappa shape index (κ2) is 8.97. The van der Waals surface area contributed by atoms with Gasteiger partial charge >= 0.3 is 0 Å². The number of aliphatic hydroxyl groups excluding tert-OH is 1. The van der Waals surface area contributed by atoms with Crippen LogP contribution in [0.25, 0.3) is 16.8 Å². The normalized spacial score (nSPS) is 12.0. The first-order valence-electron chi connectivity index (χ1n) is 8.72. The van der Waals surface area contributed by atoms with Gasteiger partial charge in [-0.05, 0) is 52.7 Å². The second-order valence-electron chi connectivity index (χ2n) is 6.27. The molecule has 1 N–H and O–H groups in total. The number of methoxy groups -OCH3 is 1. The molecule has 1 unspecified atom stereocenters. The summed E-state index contributed by atoms with van der Waals surface area (Å²) in [5, 5.41) is 32.6. The molecule has 146 valence electrons. The molecule has 0 aliphatic heterocycles. The maximum Gasteiger partial charge on any atom is 0.276 e. The number of ether oxygens (including phenoxy) is 2. The number of rotatable bonds is 7. The van der Waals surface area contributed by atoms with E-state index < -0.39 is 11.0 Å². The molecule has 0 amide bonds. The summed E-state index contributed by atoms with van der Waals surface area (Å²) < 4.78 is 10.2. The molecule has 0 fully saturated rings. The van der Waals surface area contributed by atoms with Gasteiger partial charge in [0.05, 0.1) is 28.2 Å². The molecule has 3 rings (SSSR count). The lowest BCUT2D eigenvalue weighted by Gasteiger charge is -2.09. The SMILES string of the molecule is COCOc1ccc([N+](=O)[O-])c(C=CC(O)c2ccc3ccc(C#N)cc3c2)c1. The third-order valence-corrected chi connectivity index (χ3v) is 4.33. The minimum absolute atomic E-state index is 0.0192. The molecule has 29 heavy (non-hydrogen) atoms. The van der Waals surface area contributed by atoms with Crippen molar-refractivity contribution in [2.45, 2.75) is 6.10 Å². The third kappa shape index (κ3) is 4.76. The molecule has 0 aliphatic rings. The van der Waals surface area contributed by atoms with Gasteiger partial charge in [0.1, 0.15) is 5.75 Å². The van der Waals surface area contributed by atoms with Crippen LogP contribution in [0.2, 0.25) is 0 Å². The van der Waals surface area contributed by atoms with Gasteiger partial charge in [-0.15, -0.1) is 0 Å². The molecule has 0 aliphatic carbocycles. The number of nitro benzene ring substituents is 1. The largest absolute Gasteiger partial charge is 0.468 e. The van der Waals surface area contributed by atoms with E-state index in [2.05, 4.69) is 6.07 Å². The van der Waals surface area contributed by atoms with Crippen LogP contribution in [0.3, 0.4) is 0 Å². The summed E-state index contributed by atoms with van der Waals surface area (Å²) in [4.78, 5) is 10.8. The van der Waals surface area contributed by atoms with Gasteiger partial charge in [-0.3, -0.25) is 10.1 Å². The molecule has 0 aromatic heterocycles. The number of nitriles is 1. The van der Waals surface area contributed by atoms with Gasteiger partial charge < -0.3 is 14.6 Å². The fraction of sp³-hybridized carbons (Fsp3) is 0.136. The van der Waals surface area contributed by atoms with E-state index in [1.807, 2.05) is 12.1 Å². The van der Waals surface area contributed by atoms with E-state index in [1.54, 1.807) is 24.3 Å². The molecular weight excluding hydrogens is 372 g/mol. The average molecular weight is 390 g/mol. The minimum atomic E-state index is -0.978. The number of aliphatic hydroxyl groups is 1. The number of benzene rings is 3. The fourth-order valence-electron chi connectivity index (χ4n) is 2.87. The summed E-state index contributed by atoms with van der Waals surface area (Å²) in [5.41, 5.74) is 1.34. The molecule has 7 nitrogen and oxygen atoms in total. The Balaban J connectivity index is 1.89. The average Bonchev–Trinajstić information content (AvgIpc) is 2.74. The van der Waals surface area contributed by atoms with Gasteiger partial charge in [-0.2, -0.15) is 5.26 Å². The Morgan fingerprint density at radius 2 is 1.97 bits per heavy atom. The van der Waals surface area contributed by atoms with Crippen LogP contribution in [-0.2, 0) is 4.74 Å². The lowest BCUT2D eigenvalue weighted by Crippen LogP contribution is -2.00. The Hall–Kier alpha value is -3.73. The molecule has 1 atom stereocenters. The van der Waals surface area contributed by atoms with Crippen molar-refractivity contribution in [1.29, 1.82) is 5.26 Å². The van der Waals surface area contributed by atoms with Gasteiger partial charge in [-0.25, -0.2) is 0 Å². The van der Waals surface area contributed by atoms with E-state index in [4.69, 9.17) is 14.7 Å². The van der Waals surface area contributed by atoms with Crippen LogP contribution in [0, 0.1) is 21.4 Å². The van der Waals surface area contributed by atoms with Crippen molar-refractivity contribution in [2.75, 3.05) is 13.9 Å². The van der Waals surface area contributed by atoms with Crippen molar-refractivity contribution in [3.8, 4) is 11.8 Å². The monoisotopic (exact) mass is 390 g/mol. The van der Waals surface area contributed by atoms with Gasteiger partial charge in [0, 0.05) is 13.2 Å². The lowest BCUT2D eigenvalue weighted by atomic mass is 10.0. The first-order chi connectivity index (χ1) is 14.0. The molecule has 0 radical (unpaired) electrons. The number of nitro groups is 1. The molecule has 0 heterocycles. The maximum absolute atomic E-state index is 11.3. The highest BCUT2D eigenvalue weighted by molar-refractivity contribution is 5.84. The Morgan fingerprint density at radius 1 is 1.17 bits per heavy atom. The molecule has 0 saturated heterocycles. The number of hydrogen-bond acceptors (Lipinski definition) is 6. The van der Waals surface area contributed by atoms with Gasteiger partial charge in [0.25, 0.3) is 5.69 Å². The second-order valence-corrected chi connectivity index (χ2v) is 6.27. The predicted molar refractivity (Wildman–Crippen MR) is 108 cm³/mol. The van der Waals surface area contributed by atoms with E-state index in [1.165, 1.54) is 37.5 Å². The molecule has 7 heteroatoms. The topological polar surface area (TPSA) is 106 Å². The molecule has 0 spiro atoms. The van der Waals surface area contributed by atoms with Gasteiger partial charge in [-0.1, -0.05) is 24.3 Å². The Kier molecular flexibility index (Phi) is 6.19. The van der Waals surface area contributed by atoms with Crippen LogP contribution in [0.1, 0.15) is 22.8 Å². The van der Waals surface area contributed by atoms with Crippen molar-refractivity contribution < 1.29 is 19.5 Å². The van der Waals surface area contributed by atoms with E-state index in [0.29, 0.717) is 22.4 Å². The van der Waals surface area contributed by atoms with Gasteiger partial charge in [0.15, 0.2) is 6.79 Å². The van der Waals surface area contributed by atoms with Crippen LogP contribution in [0.4, 0.5) is 5.69 Å². The third-order valence-electron chi connectivity index (χ3n) is 4.33. The van der Waals surface area contributed by atoms with E-state index in [9.17, 15) is 15.2 Å². The quantitative estimate of drug-likeness (QED) is 0.365. The molecular formula is C22H18N2O5. The van der Waals surface area contributed by atoms with Crippen LogP contribution in [0.15, 0.2) is 60.7 Å². The highest BCUT2D eigenvalue weighted by Crippen LogP contribution is 2.28. The maximum atomic E-state index is 11.3. The van der Waals surface area contributed by atoms with Crippen molar-refractivity contribution in [3.63, 3.8) is 0 Å². The number of hydrogen-bond donors (Lipinski definition) is 1. The summed E-state index contributed by atoms with van der Waals surface area (Å²) in [5.74, 6) is 0.418. The summed E-state index contributed by atoms with van der Waals surface area (Å²) in [6.07, 6.45) is 1.98. The predicted octanol–water partition coefficient (Wildman–Crippen LogP) is 4.35. The highest BCUT2D eigenvalue weighted by Gasteiger charge is 2.13. The van der Waals surface area contributed by atoms with Crippen molar-refractivity contribution >= 4 is 22.5 Å². The zero-order valence-electron chi connectivity index (χ0n) is 15.6. The van der Waals surface area contributed by atoms with Crippen LogP contribution in [0.5, 0.6) is 5.75 Å². The summed E-state index contributed by atoms with van der Waals surface area (Å²) in [6, 6.07) is 17.2. The minimum Gasteiger partial charge on any atom is -0.468 e. The first kappa shape index (κ1) is 20.0. The highest BCUT2D eigenvalue weighted by atomic mass is 16.7. The van der Waals surface area contributed by atoms with Crippen LogP contribution < -0.4 is 4.74 Å². The summed E-state index contributed by atoms with van der Waals surface area (Å²) in [6.45, 7) is 0.0192. The van der Waals surface area contributed by atoms with Crippen molar-refractivity contribution in [3.05, 3.63) is 87.5 Å². The van der Waals surface area contributed by atoms with E-state index in [-0.39, 0.29) is 12.5 Å². The fourth-order valence-corrected chi connectivity index (χ4v) is 2.87. The Bertz CT molecular complexity index is 1120. The zero-order chi connectivity index (χ0) is 20.8. The molecule has 3 aromatic rings. The van der Waals surface area contributed by atoms with Crippen LogP contribution >= 0.6 is 0 Å². The lowest BCUT2D eigenvalue weighted by molar-refractivity contribution is -0.385. The van der Waals surface area contributed by atoms with Crippen LogP contribution in [-0.4, -0.2) is 23.9 Å². The first-order valence-corrected chi connectivity index (χ1v) is 8.72. The molecule has 3 aromatic carbocycles. The molecule has 0 saturated carbocycles.